The first-order chi connectivity index (χ1) is 14.7. The van der Waals surface area contributed by atoms with E-state index in [0.717, 1.165) is 23.3 Å². The summed E-state index contributed by atoms with van der Waals surface area (Å²) in [6.45, 7) is 7.71. The second-order valence-corrected chi connectivity index (χ2v) is 8.33. The molecule has 0 aliphatic rings. The highest BCUT2D eigenvalue weighted by Gasteiger charge is 2.25. The van der Waals surface area contributed by atoms with Crippen molar-refractivity contribution in [2.24, 2.45) is 0 Å². The predicted molar refractivity (Wildman–Crippen MR) is 122 cm³/mol. The predicted octanol–water partition coefficient (Wildman–Crippen LogP) is 2.45. The van der Waals surface area contributed by atoms with Gasteiger partial charge in [-0.15, -0.1) is 11.3 Å². The molecular formula is C21H30N4O5S. The van der Waals surface area contributed by atoms with Crippen molar-refractivity contribution in [2.75, 3.05) is 23.8 Å². The number of thiophene rings is 1. The molecule has 0 saturated heterocycles. The summed E-state index contributed by atoms with van der Waals surface area (Å²) in [6, 6.07) is 1.74. The minimum Gasteiger partial charge on any atom is -0.451 e. The van der Waals surface area contributed by atoms with Crippen molar-refractivity contribution in [1.29, 1.82) is 0 Å². The molecule has 2 aromatic rings. The number of nitrogens with zero attached hydrogens (tertiary/aromatic N) is 2. The molecule has 0 bridgehead atoms. The molecule has 0 atom stereocenters. The largest absolute Gasteiger partial charge is 0.451 e. The lowest BCUT2D eigenvalue weighted by Crippen LogP contribution is -2.43. The molecule has 2 rings (SSSR count). The Labute approximate surface area is 184 Å². The Kier molecular flexibility index (Phi) is 8.61. The van der Waals surface area contributed by atoms with Gasteiger partial charge in [0.15, 0.2) is 12.3 Å². The number of H-pyrrole nitrogens is 1. The van der Waals surface area contributed by atoms with Gasteiger partial charge in [0, 0.05) is 18.0 Å². The van der Waals surface area contributed by atoms with Gasteiger partial charge < -0.3 is 15.4 Å². The Morgan fingerprint density at radius 3 is 2.52 bits per heavy atom. The first-order valence-corrected chi connectivity index (χ1v) is 11.3. The lowest BCUT2D eigenvalue weighted by atomic mass is 10.2. The van der Waals surface area contributed by atoms with Crippen LogP contribution in [0.2, 0.25) is 0 Å². The lowest BCUT2D eigenvalue weighted by Gasteiger charge is -2.24. The number of nitrogens with one attached hydrogen (secondary N) is 1. The van der Waals surface area contributed by atoms with Crippen molar-refractivity contribution < 1.29 is 14.3 Å². The number of nitrogens with two attached hydrogens (primary N) is 1. The summed E-state index contributed by atoms with van der Waals surface area (Å²) in [5.41, 5.74) is 5.65. The fourth-order valence-corrected chi connectivity index (χ4v) is 4.22. The Morgan fingerprint density at radius 1 is 1.23 bits per heavy atom. The molecule has 0 unspecified atom stereocenters. The molecule has 31 heavy (non-hydrogen) atoms. The van der Waals surface area contributed by atoms with Gasteiger partial charge in [-0.25, -0.2) is 9.59 Å². The van der Waals surface area contributed by atoms with E-state index < -0.39 is 29.7 Å². The van der Waals surface area contributed by atoms with E-state index in [4.69, 9.17) is 10.5 Å². The Bertz CT molecular complexity index is 1050. The number of amides is 1. The van der Waals surface area contributed by atoms with Gasteiger partial charge in [-0.1, -0.05) is 27.2 Å². The number of unbranched alkanes of at least 4 members (excludes halogenated alkanes) is 1. The molecule has 3 N–H and O–H groups in total. The molecule has 0 aliphatic heterocycles. The number of nitrogen functional groups attached to an aromatic ring is 1. The van der Waals surface area contributed by atoms with Gasteiger partial charge in [0.1, 0.15) is 10.7 Å². The van der Waals surface area contributed by atoms with Crippen molar-refractivity contribution in [3.05, 3.63) is 42.2 Å². The van der Waals surface area contributed by atoms with Gasteiger partial charge in [-0.2, -0.15) is 0 Å². The molecule has 2 aromatic heterocycles. The molecule has 1 amide bonds. The second-order valence-electron chi connectivity index (χ2n) is 7.19. The third kappa shape index (κ3) is 5.63. The van der Waals surface area contributed by atoms with Crippen LogP contribution < -0.4 is 21.9 Å². The number of esters is 1. The summed E-state index contributed by atoms with van der Waals surface area (Å²) in [5, 5.41) is 0. The van der Waals surface area contributed by atoms with E-state index in [-0.39, 0.29) is 18.1 Å². The summed E-state index contributed by atoms with van der Waals surface area (Å²) in [6.07, 6.45) is 2.80. The zero-order valence-corrected chi connectivity index (χ0v) is 19.3. The average Bonchev–Trinajstić information content (AvgIpc) is 3.12. The van der Waals surface area contributed by atoms with Crippen LogP contribution in [0.25, 0.3) is 0 Å². The number of aryl methyl sites for hydroxylation is 2. The van der Waals surface area contributed by atoms with E-state index in [1.165, 1.54) is 20.8 Å². The number of ether oxygens (including phenoxy) is 1. The quantitative estimate of drug-likeness (QED) is 0.535. The number of rotatable bonds is 10. The van der Waals surface area contributed by atoms with E-state index in [0.29, 0.717) is 24.3 Å². The van der Waals surface area contributed by atoms with Gasteiger partial charge in [0.25, 0.3) is 11.5 Å². The highest BCUT2D eigenvalue weighted by molar-refractivity contribution is 7.14. The molecule has 0 spiro atoms. The van der Waals surface area contributed by atoms with E-state index in [1.54, 1.807) is 6.07 Å². The van der Waals surface area contributed by atoms with Crippen molar-refractivity contribution in [1.82, 2.24) is 9.55 Å². The van der Waals surface area contributed by atoms with Crippen molar-refractivity contribution in [3.8, 4) is 0 Å². The molecule has 170 valence electrons. The summed E-state index contributed by atoms with van der Waals surface area (Å²) in [7, 11) is 0. The number of carbonyl (C=O) groups is 2. The fourth-order valence-electron chi connectivity index (χ4n) is 3.21. The third-order valence-corrected chi connectivity index (χ3v) is 6.20. The Hall–Kier alpha value is -2.88. The Balaban J connectivity index is 2.29. The molecule has 0 aromatic carbocycles. The summed E-state index contributed by atoms with van der Waals surface area (Å²) < 4.78 is 6.46. The van der Waals surface area contributed by atoms with Crippen molar-refractivity contribution in [2.45, 2.75) is 59.9 Å². The highest BCUT2D eigenvalue weighted by Crippen LogP contribution is 2.23. The van der Waals surface area contributed by atoms with Gasteiger partial charge in [0.05, 0.1) is 0 Å². The lowest BCUT2D eigenvalue weighted by molar-refractivity contribution is -0.121. The molecule has 2 heterocycles. The maximum Gasteiger partial charge on any atom is 0.348 e. The molecule has 0 saturated carbocycles. The van der Waals surface area contributed by atoms with E-state index in [2.05, 4.69) is 4.98 Å². The molecule has 0 radical (unpaired) electrons. The summed E-state index contributed by atoms with van der Waals surface area (Å²) >= 11 is 1.34. The van der Waals surface area contributed by atoms with Crippen molar-refractivity contribution >= 4 is 34.7 Å². The maximum absolute atomic E-state index is 12.9. The van der Waals surface area contributed by atoms with E-state index in [9.17, 15) is 19.2 Å². The maximum atomic E-state index is 12.9. The van der Waals surface area contributed by atoms with E-state index >= 15 is 0 Å². The van der Waals surface area contributed by atoms with Crippen LogP contribution >= 0.6 is 11.3 Å². The average molecular weight is 451 g/mol. The van der Waals surface area contributed by atoms with Gasteiger partial charge >= 0.3 is 11.7 Å². The highest BCUT2D eigenvalue weighted by atomic mass is 32.1. The van der Waals surface area contributed by atoms with Crippen LogP contribution in [0.3, 0.4) is 0 Å². The zero-order chi connectivity index (χ0) is 23.1. The SMILES string of the molecule is CCCCN(C(=O)COC(=O)c1cc(C)c(CC)s1)c1c(N)n(CCC)c(=O)[nH]c1=O. The van der Waals surface area contributed by atoms with Crippen LogP contribution in [0.4, 0.5) is 11.5 Å². The number of aromatic amines is 1. The summed E-state index contributed by atoms with van der Waals surface area (Å²) in [4.78, 5) is 54.9. The van der Waals surface area contributed by atoms with Crippen LogP contribution in [-0.2, 0) is 22.5 Å². The van der Waals surface area contributed by atoms with Gasteiger partial charge in [0.2, 0.25) is 0 Å². The van der Waals surface area contributed by atoms with Crippen LogP contribution in [0, 0.1) is 6.92 Å². The van der Waals surface area contributed by atoms with Crippen LogP contribution in [-0.4, -0.2) is 34.6 Å². The van der Waals surface area contributed by atoms with Gasteiger partial charge in [-0.05, 0) is 37.8 Å². The number of aromatic nitrogens is 2. The number of hydrogen-bond acceptors (Lipinski definition) is 7. The number of carbonyl (C=O) groups excluding carboxylic acids is 2. The normalized spacial score (nSPS) is 10.8. The second kappa shape index (κ2) is 10.9. The zero-order valence-electron chi connectivity index (χ0n) is 18.4. The smallest absolute Gasteiger partial charge is 0.348 e. The minimum atomic E-state index is -0.743. The fraction of sp³-hybridized carbons (Fsp3) is 0.524. The summed E-state index contributed by atoms with van der Waals surface area (Å²) in [5.74, 6) is -1.24. The molecule has 0 aliphatic carbocycles. The van der Waals surface area contributed by atoms with Gasteiger partial charge in [-0.3, -0.25) is 19.1 Å². The van der Waals surface area contributed by atoms with Crippen LogP contribution in [0.15, 0.2) is 15.7 Å². The van der Waals surface area contributed by atoms with Crippen LogP contribution in [0.1, 0.15) is 60.1 Å². The number of hydrogen-bond donors (Lipinski definition) is 2. The minimum absolute atomic E-state index is 0.0761. The molecule has 0 fully saturated rings. The van der Waals surface area contributed by atoms with E-state index in [1.807, 2.05) is 27.7 Å². The Morgan fingerprint density at radius 2 is 1.94 bits per heavy atom. The first-order valence-electron chi connectivity index (χ1n) is 10.4. The number of anilines is 2. The third-order valence-electron chi connectivity index (χ3n) is 4.84. The van der Waals surface area contributed by atoms with Crippen molar-refractivity contribution in [3.63, 3.8) is 0 Å². The molecular weight excluding hydrogens is 420 g/mol. The molecule has 9 nitrogen and oxygen atoms in total. The first kappa shape index (κ1) is 24.4. The standard InChI is InChI=1S/C21H30N4O5S/c1-5-8-10-24(17-18(22)25(9-6-2)21(29)23-19(17)27)16(26)12-30-20(28)15-11-13(4)14(7-3)31-15/h11H,5-10,12,22H2,1-4H3,(H,23,27,29). The topological polar surface area (TPSA) is 127 Å². The van der Waals surface area contributed by atoms with Crippen LogP contribution in [0.5, 0.6) is 0 Å². The molecule has 10 heteroatoms. The monoisotopic (exact) mass is 450 g/mol.